The van der Waals surface area contributed by atoms with E-state index in [-0.39, 0.29) is 0 Å². The molecule has 67 heavy (non-hydrogen) atoms. The minimum Gasteiger partial charge on any atom is -0.456 e. The summed E-state index contributed by atoms with van der Waals surface area (Å²) in [5, 5.41) is 16.2. The molecular formula is C64H36O3. The lowest BCUT2D eigenvalue weighted by Crippen LogP contribution is -1.91. The minimum absolute atomic E-state index is 0.858. The first-order valence-electron chi connectivity index (χ1n) is 22.9. The molecule has 0 aliphatic carbocycles. The summed E-state index contributed by atoms with van der Waals surface area (Å²) in [5.74, 6) is 0. The van der Waals surface area contributed by atoms with E-state index in [1.807, 2.05) is 24.3 Å². The van der Waals surface area contributed by atoms with Gasteiger partial charge in [0.25, 0.3) is 0 Å². The van der Waals surface area contributed by atoms with Crippen molar-refractivity contribution in [3.05, 3.63) is 218 Å². The van der Waals surface area contributed by atoms with Gasteiger partial charge in [-0.1, -0.05) is 176 Å². The summed E-state index contributed by atoms with van der Waals surface area (Å²) in [6.45, 7) is 0. The highest BCUT2D eigenvalue weighted by Gasteiger charge is 2.24. The predicted octanol–water partition coefficient (Wildman–Crippen LogP) is 18.7. The molecule has 0 N–H and O–H groups in total. The molecule has 3 heterocycles. The minimum atomic E-state index is 0.858. The van der Waals surface area contributed by atoms with Crippen LogP contribution in [0.4, 0.5) is 0 Å². The Labute approximate surface area is 383 Å². The van der Waals surface area contributed by atoms with Crippen LogP contribution < -0.4 is 0 Å². The van der Waals surface area contributed by atoms with Gasteiger partial charge in [-0.25, -0.2) is 0 Å². The third kappa shape index (κ3) is 5.17. The van der Waals surface area contributed by atoms with Gasteiger partial charge in [0.15, 0.2) is 0 Å². The second-order valence-corrected chi connectivity index (χ2v) is 17.8. The molecule has 15 aromatic rings. The van der Waals surface area contributed by atoms with Gasteiger partial charge in [-0.05, 0) is 119 Å². The molecule has 0 fully saturated rings. The van der Waals surface area contributed by atoms with Crippen molar-refractivity contribution in [1.82, 2.24) is 0 Å². The van der Waals surface area contributed by atoms with Gasteiger partial charge in [-0.15, -0.1) is 0 Å². The van der Waals surface area contributed by atoms with Crippen molar-refractivity contribution in [3.8, 4) is 44.5 Å². The molecule has 0 aliphatic heterocycles. The second-order valence-electron chi connectivity index (χ2n) is 17.8. The van der Waals surface area contributed by atoms with E-state index in [9.17, 15) is 0 Å². The summed E-state index contributed by atoms with van der Waals surface area (Å²) in [7, 11) is 0. The number of para-hydroxylation sites is 3. The Morgan fingerprint density at radius 2 is 0.552 bits per heavy atom. The molecule has 0 atom stereocenters. The topological polar surface area (TPSA) is 39.4 Å². The summed E-state index contributed by atoms with van der Waals surface area (Å²) in [6.07, 6.45) is 0. The van der Waals surface area contributed by atoms with Crippen LogP contribution in [-0.4, -0.2) is 0 Å². The summed E-state index contributed by atoms with van der Waals surface area (Å²) >= 11 is 0. The Morgan fingerprint density at radius 3 is 1.03 bits per heavy atom. The Bertz CT molecular complexity index is 4460. The fourth-order valence-corrected chi connectivity index (χ4v) is 11.5. The highest BCUT2D eigenvalue weighted by molar-refractivity contribution is 6.29. The largest absolute Gasteiger partial charge is 0.456 e. The zero-order valence-corrected chi connectivity index (χ0v) is 36.0. The van der Waals surface area contributed by atoms with Gasteiger partial charge in [0.1, 0.15) is 33.5 Å². The van der Waals surface area contributed by atoms with Gasteiger partial charge in [-0.2, -0.15) is 0 Å². The summed E-state index contributed by atoms with van der Waals surface area (Å²) in [6, 6.07) is 78.5. The maximum atomic E-state index is 7.15. The van der Waals surface area contributed by atoms with E-state index in [2.05, 4.69) is 194 Å². The molecule has 3 nitrogen and oxygen atoms in total. The average Bonchev–Trinajstić information content (AvgIpc) is 4.08. The smallest absolute Gasteiger partial charge is 0.143 e. The average molecular weight is 853 g/mol. The molecule has 0 bridgehead atoms. The van der Waals surface area contributed by atoms with Crippen LogP contribution in [0.25, 0.3) is 153 Å². The van der Waals surface area contributed by atoms with Crippen LogP contribution in [-0.2, 0) is 0 Å². The molecule has 310 valence electrons. The van der Waals surface area contributed by atoms with Crippen LogP contribution >= 0.6 is 0 Å². The van der Waals surface area contributed by atoms with Crippen molar-refractivity contribution in [1.29, 1.82) is 0 Å². The predicted molar refractivity (Wildman–Crippen MR) is 280 cm³/mol. The molecule has 3 aromatic heterocycles. The molecule has 0 radical (unpaired) electrons. The zero-order valence-electron chi connectivity index (χ0n) is 36.0. The number of hydrogen-bond acceptors (Lipinski definition) is 3. The maximum absolute atomic E-state index is 7.15. The van der Waals surface area contributed by atoms with E-state index < -0.39 is 0 Å². The summed E-state index contributed by atoms with van der Waals surface area (Å²) < 4.78 is 20.0. The van der Waals surface area contributed by atoms with Crippen LogP contribution in [0.15, 0.2) is 232 Å². The first-order chi connectivity index (χ1) is 33.2. The van der Waals surface area contributed by atoms with E-state index >= 15 is 0 Å². The lowest BCUT2D eigenvalue weighted by Gasteiger charge is -2.18. The number of hydrogen-bond donors (Lipinski definition) is 0. The number of rotatable bonds is 4. The monoisotopic (exact) mass is 852 g/mol. The lowest BCUT2D eigenvalue weighted by atomic mass is 9.84. The quantitative estimate of drug-likeness (QED) is 0.166. The standard InChI is InChI=1S/C64H36O3/c1-5-21-47-43(17-1)59(37-31-33-41-39-15-9-11-28-54(39)65-57(41)35-37)44-18-2-6-22-48(44)61(47)51-25-14-30-56-63(51)53-27-13-26-52(64(53)67-56)62-49-23-7-3-19-45(49)60(46-20-4-8-24-50(46)62)38-32-34-42-40-16-10-12-29-55(40)66-58(42)36-38/h1-36H. The van der Waals surface area contributed by atoms with Crippen LogP contribution in [0, 0.1) is 0 Å². The molecule has 0 amide bonds. The molecule has 0 spiro atoms. The van der Waals surface area contributed by atoms with E-state index in [1.165, 1.54) is 59.8 Å². The Hall–Kier alpha value is -8.92. The van der Waals surface area contributed by atoms with E-state index in [1.54, 1.807) is 0 Å². The Morgan fingerprint density at radius 1 is 0.209 bits per heavy atom. The van der Waals surface area contributed by atoms with Crippen LogP contribution in [0.3, 0.4) is 0 Å². The van der Waals surface area contributed by atoms with Gasteiger partial charge in [0, 0.05) is 43.4 Å². The number of benzene rings is 12. The maximum Gasteiger partial charge on any atom is 0.143 e. The normalized spacial score (nSPS) is 12.2. The fraction of sp³-hybridized carbons (Fsp3) is 0. The highest BCUT2D eigenvalue weighted by Crippen LogP contribution is 2.51. The third-order valence-electron chi connectivity index (χ3n) is 14.3. The Kier molecular flexibility index (Phi) is 7.50. The summed E-state index contributed by atoms with van der Waals surface area (Å²) in [4.78, 5) is 0. The van der Waals surface area contributed by atoms with Crippen molar-refractivity contribution in [2.75, 3.05) is 0 Å². The van der Waals surface area contributed by atoms with Crippen molar-refractivity contribution in [2.45, 2.75) is 0 Å². The number of furan rings is 3. The van der Waals surface area contributed by atoms with Crippen LogP contribution in [0.1, 0.15) is 0 Å². The third-order valence-corrected chi connectivity index (χ3v) is 14.3. The van der Waals surface area contributed by atoms with Crippen molar-refractivity contribution in [3.63, 3.8) is 0 Å². The molecule has 12 aromatic carbocycles. The molecular weight excluding hydrogens is 817 g/mol. The fourth-order valence-electron chi connectivity index (χ4n) is 11.5. The first-order valence-corrected chi connectivity index (χ1v) is 22.9. The molecule has 15 rings (SSSR count). The molecule has 0 saturated heterocycles. The highest BCUT2D eigenvalue weighted by atomic mass is 16.3. The number of fused-ring (bicyclic) bond motifs is 13. The van der Waals surface area contributed by atoms with Crippen molar-refractivity contribution >= 4 is 109 Å². The van der Waals surface area contributed by atoms with Crippen molar-refractivity contribution < 1.29 is 13.3 Å². The van der Waals surface area contributed by atoms with E-state index in [0.717, 1.165) is 93.6 Å². The van der Waals surface area contributed by atoms with Gasteiger partial charge >= 0.3 is 0 Å². The zero-order chi connectivity index (χ0) is 43.7. The van der Waals surface area contributed by atoms with Crippen molar-refractivity contribution in [2.24, 2.45) is 0 Å². The van der Waals surface area contributed by atoms with Crippen LogP contribution in [0.2, 0.25) is 0 Å². The second kappa shape index (κ2) is 13.8. The van der Waals surface area contributed by atoms with E-state index in [0.29, 0.717) is 0 Å². The van der Waals surface area contributed by atoms with Gasteiger partial charge < -0.3 is 13.3 Å². The lowest BCUT2D eigenvalue weighted by molar-refractivity contribution is 0.668. The molecule has 0 saturated carbocycles. The SMILES string of the molecule is c1ccc2c(c1)oc1cc(-c3c4ccccc4c(-c4cccc5c4oc4cccc(-c6c7ccccc7c(-c7ccc8c(c7)oc7ccccc78)c7ccccc67)c45)c4ccccc34)ccc12. The van der Waals surface area contributed by atoms with Gasteiger partial charge in [-0.3, -0.25) is 0 Å². The molecule has 0 unspecified atom stereocenters. The van der Waals surface area contributed by atoms with Crippen LogP contribution in [0.5, 0.6) is 0 Å². The first kappa shape index (κ1) is 36.4. The molecule has 3 heteroatoms. The molecule has 0 aliphatic rings. The Balaban J connectivity index is 0.969. The van der Waals surface area contributed by atoms with E-state index in [4.69, 9.17) is 13.3 Å². The van der Waals surface area contributed by atoms with Gasteiger partial charge in [0.05, 0.1) is 0 Å². The van der Waals surface area contributed by atoms with Gasteiger partial charge in [0.2, 0.25) is 0 Å². The summed E-state index contributed by atoms with van der Waals surface area (Å²) in [5.41, 5.74) is 14.5.